The molecule has 0 aliphatic carbocycles. The van der Waals surface area contributed by atoms with E-state index in [1.54, 1.807) is 48.5 Å². The van der Waals surface area contributed by atoms with Crippen LogP contribution in [0.25, 0.3) is 5.69 Å². The molecule has 0 N–H and O–H groups in total. The molecule has 0 bridgehead atoms. The van der Waals surface area contributed by atoms with Gasteiger partial charge in [0.15, 0.2) is 0 Å². The standard InChI is InChI=1S/C14H10N4O2S/c19-13(10-4-2-1-3-5-10)20-12-8-6-11(7-9-12)18-14(21)15-16-17-18/h1-9H,(H,15,17,21). The van der Waals surface area contributed by atoms with Crippen LogP contribution in [0.1, 0.15) is 10.4 Å². The third-order valence-electron chi connectivity index (χ3n) is 2.75. The highest BCUT2D eigenvalue weighted by Crippen LogP contribution is 2.17. The molecule has 3 aromatic rings. The van der Waals surface area contributed by atoms with Crippen LogP contribution >= 0.6 is 12.6 Å². The van der Waals surface area contributed by atoms with Gasteiger partial charge in [0.25, 0.3) is 0 Å². The Kier molecular flexibility index (Phi) is 3.65. The maximum absolute atomic E-state index is 11.9. The molecule has 0 saturated heterocycles. The fourth-order valence-electron chi connectivity index (χ4n) is 1.75. The number of tetrazole rings is 1. The van der Waals surface area contributed by atoms with Crippen molar-refractivity contribution in [2.75, 3.05) is 0 Å². The van der Waals surface area contributed by atoms with Crippen LogP contribution in [0.2, 0.25) is 0 Å². The number of ether oxygens (including phenoxy) is 1. The van der Waals surface area contributed by atoms with Gasteiger partial charge >= 0.3 is 5.97 Å². The van der Waals surface area contributed by atoms with Crippen LogP contribution in [-0.2, 0) is 0 Å². The summed E-state index contributed by atoms with van der Waals surface area (Å²) in [6.07, 6.45) is 0. The Hall–Kier alpha value is -2.67. The van der Waals surface area contributed by atoms with Crippen LogP contribution in [0.4, 0.5) is 0 Å². The lowest BCUT2D eigenvalue weighted by Crippen LogP contribution is -2.08. The lowest BCUT2D eigenvalue weighted by atomic mass is 10.2. The van der Waals surface area contributed by atoms with Gasteiger partial charge in [-0.2, -0.15) is 4.68 Å². The van der Waals surface area contributed by atoms with E-state index in [-0.39, 0.29) is 0 Å². The van der Waals surface area contributed by atoms with E-state index in [1.807, 2.05) is 6.07 Å². The molecule has 0 unspecified atom stereocenters. The number of nitrogens with zero attached hydrogens (tertiary/aromatic N) is 4. The molecule has 21 heavy (non-hydrogen) atoms. The zero-order valence-corrected chi connectivity index (χ0v) is 11.6. The molecule has 2 aromatic carbocycles. The van der Waals surface area contributed by atoms with Gasteiger partial charge in [0, 0.05) is 0 Å². The second kappa shape index (κ2) is 5.76. The monoisotopic (exact) mass is 298 g/mol. The quantitative estimate of drug-likeness (QED) is 0.456. The number of benzene rings is 2. The van der Waals surface area contributed by atoms with E-state index in [0.717, 1.165) is 5.69 Å². The topological polar surface area (TPSA) is 69.9 Å². The number of aromatic nitrogens is 4. The highest BCUT2D eigenvalue weighted by Gasteiger charge is 2.09. The predicted molar refractivity (Wildman–Crippen MR) is 77.8 cm³/mol. The minimum Gasteiger partial charge on any atom is -0.423 e. The Labute approximate surface area is 125 Å². The summed E-state index contributed by atoms with van der Waals surface area (Å²) in [6, 6.07) is 15.6. The van der Waals surface area contributed by atoms with E-state index < -0.39 is 5.97 Å². The van der Waals surface area contributed by atoms with Gasteiger partial charge < -0.3 is 4.74 Å². The molecule has 0 fully saturated rings. The van der Waals surface area contributed by atoms with Gasteiger partial charge in [-0.25, -0.2) is 4.79 Å². The molecule has 0 amide bonds. The van der Waals surface area contributed by atoms with Crippen molar-refractivity contribution in [1.82, 2.24) is 20.2 Å². The average molecular weight is 298 g/mol. The molecule has 0 aliphatic rings. The Morgan fingerprint density at radius 1 is 1.05 bits per heavy atom. The van der Waals surface area contributed by atoms with E-state index >= 15 is 0 Å². The molecule has 0 atom stereocenters. The van der Waals surface area contributed by atoms with Crippen molar-refractivity contribution < 1.29 is 9.53 Å². The van der Waals surface area contributed by atoms with Gasteiger partial charge in [-0.1, -0.05) is 18.2 Å². The fraction of sp³-hybridized carbons (Fsp3) is 0. The number of carbonyl (C=O) groups excluding carboxylic acids is 1. The summed E-state index contributed by atoms with van der Waals surface area (Å²) in [5.41, 5.74) is 1.23. The number of hydrogen-bond acceptors (Lipinski definition) is 6. The van der Waals surface area contributed by atoms with E-state index in [0.29, 0.717) is 16.5 Å². The van der Waals surface area contributed by atoms with Crippen molar-refractivity contribution in [3.63, 3.8) is 0 Å². The summed E-state index contributed by atoms with van der Waals surface area (Å²) < 4.78 is 6.75. The number of rotatable bonds is 3. The van der Waals surface area contributed by atoms with Crippen molar-refractivity contribution in [3.05, 3.63) is 60.2 Å². The highest BCUT2D eigenvalue weighted by molar-refractivity contribution is 7.80. The smallest absolute Gasteiger partial charge is 0.343 e. The van der Waals surface area contributed by atoms with Crippen LogP contribution in [-0.4, -0.2) is 26.2 Å². The zero-order chi connectivity index (χ0) is 14.7. The molecule has 0 radical (unpaired) electrons. The first kappa shape index (κ1) is 13.3. The van der Waals surface area contributed by atoms with Crippen molar-refractivity contribution >= 4 is 18.6 Å². The van der Waals surface area contributed by atoms with Gasteiger partial charge in [-0.15, -0.1) is 17.7 Å². The molecule has 1 heterocycles. The number of hydrogen-bond donors (Lipinski definition) is 1. The minimum absolute atomic E-state index is 0.379. The first-order valence-corrected chi connectivity index (χ1v) is 6.54. The zero-order valence-electron chi connectivity index (χ0n) is 10.7. The van der Waals surface area contributed by atoms with E-state index in [9.17, 15) is 4.79 Å². The number of esters is 1. The first-order chi connectivity index (χ1) is 10.2. The lowest BCUT2D eigenvalue weighted by molar-refractivity contribution is 0.0735. The highest BCUT2D eigenvalue weighted by atomic mass is 32.1. The minimum atomic E-state index is -0.402. The van der Waals surface area contributed by atoms with Crippen LogP contribution in [0.15, 0.2) is 59.8 Å². The summed E-state index contributed by atoms with van der Waals surface area (Å²) in [5.74, 6) is 0.0436. The largest absolute Gasteiger partial charge is 0.423 e. The van der Waals surface area contributed by atoms with Crippen LogP contribution in [0, 0.1) is 0 Å². The van der Waals surface area contributed by atoms with E-state index in [1.165, 1.54) is 4.68 Å². The number of thiol groups is 1. The summed E-state index contributed by atoms with van der Waals surface area (Å²) >= 11 is 4.13. The lowest BCUT2D eigenvalue weighted by Gasteiger charge is -2.05. The van der Waals surface area contributed by atoms with Crippen molar-refractivity contribution in [2.45, 2.75) is 5.16 Å². The van der Waals surface area contributed by atoms with Crippen LogP contribution in [0.3, 0.4) is 0 Å². The molecule has 3 rings (SSSR count). The molecule has 104 valence electrons. The van der Waals surface area contributed by atoms with Gasteiger partial charge in [-0.05, 0) is 46.8 Å². The SMILES string of the molecule is O=C(Oc1ccc(-n2nnnc2S)cc1)c1ccccc1. The Morgan fingerprint density at radius 2 is 1.76 bits per heavy atom. The molecule has 0 saturated carbocycles. The average Bonchev–Trinajstić information content (AvgIpc) is 2.95. The first-order valence-electron chi connectivity index (χ1n) is 6.09. The van der Waals surface area contributed by atoms with Gasteiger partial charge in [0.05, 0.1) is 11.3 Å². The summed E-state index contributed by atoms with van der Waals surface area (Å²) in [5, 5.41) is 11.4. The van der Waals surface area contributed by atoms with Gasteiger partial charge in [-0.3, -0.25) is 0 Å². The molecule has 0 spiro atoms. The van der Waals surface area contributed by atoms with Gasteiger partial charge in [0.2, 0.25) is 5.16 Å². The van der Waals surface area contributed by atoms with Gasteiger partial charge in [0.1, 0.15) is 5.75 Å². The summed E-state index contributed by atoms with van der Waals surface area (Å²) in [7, 11) is 0. The van der Waals surface area contributed by atoms with Crippen LogP contribution < -0.4 is 4.74 Å². The van der Waals surface area contributed by atoms with Crippen molar-refractivity contribution in [1.29, 1.82) is 0 Å². The van der Waals surface area contributed by atoms with Crippen molar-refractivity contribution in [2.24, 2.45) is 0 Å². The summed E-state index contributed by atoms with van der Waals surface area (Å²) in [4.78, 5) is 11.9. The predicted octanol–water partition coefficient (Wildman–Crippen LogP) is 2.17. The van der Waals surface area contributed by atoms with Crippen LogP contribution in [0.5, 0.6) is 5.75 Å². The molecule has 1 aromatic heterocycles. The number of carbonyl (C=O) groups is 1. The molecule has 6 nitrogen and oxygen atoms in total. The Balaban J connectivity index is 1.76. The third-order valence-corrected chi connectivity index (χ3v) is 3.03. The van der Waals surface area contributed by atoms with Crippen molar-refractivity contribution in [3.8, 4) is 11.4 Å². The fourth-order valence-corrected chi connectivity index (χ4v) is 1.94. The molecular weight excluding hydrogens is 288 g/mol. The summed E-state index contributed by atoms with van der Waals surface area (Å²) in [6.45, 7) is 0. The molecule has 7 heteroatoms. The second-order valence-corrected chi connectivity index (χ2v) is 4.54. The Morgan fingerprint density at radius 3 is 2.38 bits per heavy atom. The van der Waals surface area contributed by atoms with E-state index in [2.05, 4.69) is 28.2 Å². The second-order valence-electron chi connectivity index (χ2n) is 4.14. The maximum Gasteiger partial charge on any atom is 0.343 e. The molecule has 0 aliphatic heterocycles. The normalized spacial score (nSPS) is 10.3. The van der Waals surface area contributed by atoms with E-state index in [4.69, 9.17) is 4.74 Å². The third kappa shape index (κ3) is 2.92. The maximum atomic E-state index is 11.9. The molecular formula is C14H10N4O2S. The Bertz CT molecular complexity index is 756.